The van der Waals surface area contributed by atoms with E-state index in [0.717, 1.165) is 12.8 Å². The molecule has 0 saturated heterocycles. The largest absolute Gasteiger partial charge is 0.337 e. The van der Waals surface area contributed by atoms with E-state index in [1.165, 1.54) is 4.73 Å². The molecular weight excluding hydrogens is 142 g/mol. The van der Waals surface area contributed by atoms with Crippen LogP contribution >= 0.6 is 0 Å². The van der Waals surface area contributed by atoms with Crippen molar-refractivity contribution in [2.45, 2.75) is 12.8 Å². The second-order valence-electron chi connectivity index (χ2n) is 2.73. The van der Waals surface area contributed by atoms with E-state index in [4.69, 9.17) is 4.84 Å². The number of hydrogen-bond donors (Lipinski definition) is 0. The average Bonchev–Trinajstić information content (AvgIpc) is 2.73. The lowest BCUT2D eigenvalue weighted by Gasteiger charge is -2.01. The number of hydrogen-bond acceptors (Lipinski definition) is 2. The number of nitrogens with zero attached hydrogens (tertiary/aromatic N) is 1. The van der Waals surface area contributed by atoms with Crippen LogP contribution in [-0.2, 0) is 4.79 Å². The molecule has 0 bridgehead atoms. The number of carbonyl (C=O) groups is 1. The Kier molecular flexibility index (Phi) is 1.42. The lowest BCUT2D eigenvalue weighted by atomic mass is 10.4. The third-order valence-electron chi connectivity index (χ3n) is 1.68. The minimum absolute atomic E-state index is 0.110. The molecule has 58 valence electrons. The van der Waals surface area contributed by atoms with Crippen LogP contribution in [0.5, 0.6) is 0 Å². The summed E-state index contributed by atoms with van der Waals surface area (Å²) in [6.07, 6.45) is 5.39. The molecule has 0 spiro atoms. The highest BCUT2D eigenvalue weighted by molar-refractivity contribution is 5.75. The molecule has 1 heterocycles. The molecule has 0 radical (unpaired) electrons. The highest BCUT2D eigenvalue weighted by Crippen LogP contribution is 2.29. The van der Waals surface area contributed by atoms with Crippen LogP contribution in [0.2, 0.25) is 0 Å². The Labute approximate surface area is 64.5 Å². The lowest BCUT2D eigenvalue weighted by Crippen LogP contribution is -2.19. The van der Waals surface area contributed by atoms with Crippen molar-refractivity contribution in [1.29, 1.82) is 0 Å². The maximum atomic E-state index is 11.0. The van der Waals surface area contributed by atoms with Crippen LogP contribution < -0.4 is 4.84 Å². The van der Waals surface area contributed by atoms with Crippen molar-refractivity contribution in [3.05, 3.63) is 24.5 Å². The van der Waals surface area contributed by atoms with E-state index in [9.17, 15) is 4.79 Å². The Bertz CT molecular complexity index is 249. The Morgan fingerprint density at radius 1 is 1.36 bits per heavy atom. The van der Waals surface area contributed by atoms with E-state index in [2.05, 4.69) is 0 Å². The third-order valence-corrected chi connectivity index (χ3v) is 1.68. The standard InChI is InChI=1S/C8H9NO2/c10-8(7-3-4-7)11-9-5-1-2-6-9/h1-2,5-7H,3-4H2. The second-order valence-corrected chi connectivity index (χ2v) is 2.73. The lowest BCUT2D eigenvalue weighted by molar-refractivity contribution is -0.145. The molecule has 2 rings (SSSR count). The molecule has 0 aromatic carbocycles. The summed E-state index contributed by atoms with van der Waals surface area (Å²) in [7, 11) is 0. The fraction of sp³-hybridized carbons (Fsp3) is 0.375. The minimum atomic E-state index is -0.110. The van der Waals surface area contributed by atoms with E-state index in [0.29, 0.717) is 0 Å². The fourth-order valence-corrected chi connectivity index (χ4v) is 0.877. The summed E-state index contributed by atoms with van der Waals surface area (Å²) in [5, 5.41) is 0. The Morgan fingerprint density at radius 3 is 2.55 bits per heavy atom. The normalized spacial score (nSPS) is 16.4. The summed E-state index contributed by atoms with van der Waals surface area (Å²) in [6.45, 7) is 0. The van der Waals surface area contributed by atoms with Gasteiger partial charge in [0.05, 0.1) is 5.92 Å². The van der Waals surface area contributed by atoms with Gasteiger partial charge in [0, 0.05) is 12.4 Å². The highest BCUT2D eigenvalue weighted by atomic mass is 16.7. The Balaban J connectivity index is 1.94. The van der Waals surface area contributed by atoms with Crippen molar-refractivity contribution in [2.24, 2.45) is 5.92 Å². The summed E-state index contributed by atoms with van der Waals surface area (Å²) < 4.78 is 1.43. The van der Waals surface area contributed by atoms with Gasteiger partial charge in [-0.2, -0.15) is 4.73 Å². The zero-order chi connectivity index (χ0) is 7.68. The predicted molar refractivity (Wildman–Crippen MR) is 38.7 cm³/mol. The van der Waals surface area contributed by atoms with E-state index in [1.54, 1.807) is 12.4 Å². The smallest absolute Gasteiger partial charge is 0.335 e. The van der Waals surface area contributed by atoms with Crippen molar-refractivity contribution in [2.75, 3.05) is 0 Å². The third kappa shape index (κ3) is 1.42. The van der Waals surface area contributed by atoms with Crippen molar-refractivity contribution in [1.82, 2.24) is 4.73 Å². The van der Waals surface area contributed by atoms with E-state index in [1.807, 2.05) is 12.1 Å². The maximum Gasteiger partial charge on any atom is 0.335 e. The minimum Gasteiger partial charge on any atom is -0.337 e. The zero-order valence-corrected chi connectivity index (χ0v) is 6.06. The van der Waals surface area contributed by atoms with Gasteiger partial charge in [-0.05, 0) is 25.0 Å². The van der Waals surface area contributed by atoms with Crippen molar-refractivity contribution in [3.63, 3.8) is 0 Å². The molecule has 3 heteroatoms. The molecule has 0 aliphatic heterocycles. The molecule has 1 saturated carbocycles. The molecule has 0 amide bonds. The Hall–Kier alpha value is -1.25. The quantitative estimate of drug-likeness (QED) is 0.627. The first-order valence-corrected chi connectivity index (χ1v) is 3.71. The molecule has 1 aliphatic carbocycles. The summed E-state index contributed by atoms with van der Waals surface area (Å²) >= 11 is 0. The van der Waals surface area contributed by atoms with Crippen molar-refractivity contribution >= 4 is 5.97 Å². The SMILES string of the molecule is O=C(On1cccc1)C1CC1. The molecule has 1 fully saturated rings. The van der Waals surface area contributed by atoms with Crippen LogP contribution in [0.3, 0.4) is 0 Å². The first-order chi connectivity index (χ1) is 5.36. The van der Waals surface area contributed by atoms with Gasteiger partial charge in [-0.15, -0.1) is 0 Å². The van der Waals surface area contributed by atoms with Gasteiger partial charge in [0.25, 0.3) is 0 Å². The first-order valence-electron chi connectivity index (χ1n) is 3.71. The summed E-state index contributed by atoms with van der Waals surface area (Å²) in [6, 6.07) is 3.64. The first kappa shape index (κ1) is 6.46. The van der Waals surface area contributed by atoms with E-state index in [-0.39, 0.29) is 11.9 Å². The highest BCUT2D eigenvalue weighted by Gasteiger charge is 2.31. The van der Waals surface area contributed by atoms with Gasteiger partial charge in [-0.1, -0.05) is 0 Å². The number of aromatic nitrogens is 1. The van der Waals surface area contributed by atoms with Gasteiger partial charge in [-0.25, -0.2) is 4.79 Å². The summed E-state index contributed by atoms with van der Waals surface area (Å²) in [4.78, 5) is 16.0. The second kappa shape index (κ2) is 2.42. The summed E-state index contributed by atoms with van der Waals surface area (Å²) in [5.41, 5.74) is 0. The van der Waals surface area contributed by atoms with Gasteiger partial charge >= 0.3 is 5.97 Å². The molecule has 1 aromatic rings. The molecule has 11 heavy (non-hydrogen) atoms. The maximum absolute atomic E-state index is 11.0. The van der Waals surface area contributed by atoms with Gasteiger partial charge in [0.15, 0.2) is 0 Å². The van der Waals surface area contributed by atoms with Gasteiger partial charge in [0.1, 0.15) is 0 Å². The van der Waals surface area contributed by atoms with Crippen LogP contribution in [0.1, 0.15) is 12.8 Å². The van der Waals surface area contributed by atoms with E-state index >= 15 is 0 Å². The average molecular weight is 151 g/mol. The van der Waals surface area contributed by atoms with Crippen LogP contribution in [0.15, 0.2) is 24.5 Å². The monoisotopic (exact) mass is 151 g/mol. The van der Waals surface area contributed by atoms with Crippen LogP contribution in [0.4, 0.5) is 0 Å². The number of carbonyl (C=O) groups excluding carboxylic acids is 1. The van der Waals surface area contributed by atoms with Crippen molar-refractivity contribution in [3.8, 4) is 0 Å². The Morgan fingerprint density at radius 2 is 2.00 bits per heavy atom. The van der Waals surface area contributed by atoms with Crippen molar-refractivity contribution < 1.29 is 9.63 Å². The van der Waals surface area contributed by atoms with Gasteiger partial charge < -0.3 is 4.84 Å². The van der Waals surface area contributed by atoms with Crippen LogP contribution in [0.25, 0.3) is 0 Å². The molecule has 3 nitrogen and oxygen atoms in total. The van der Waals surface area contributed by atoms with Gasteiger partial charge in [0.2, 0.25) is 0 Å². The molecule has 0 unspecified atom stereocenters. The van der Waals surface area contributed by atoms with E-state index < -0.39 is 0 Å². The fourth-order valence-electron chi connectivity index (χ4n) is 0.877. The number of rotatable bonds is 2. The summed E-state index contributed by atoms with van der Waals surface area (Å²) in [5.74, 6) is 0.0543. The molecular formula is C8H9NO2. The van der Waals surface area contributed by atoms with Crippen LogP contribution in [0, 0.1) is 5.92 Å². The predicted octanol–water partition coefficient (Wildman–Crippen LogP) is 0.853. The van der Waals surface area contributed by atoms with Gasteiger partial charge in [-0.3, -0.25) is 0 Å². The van der Waals surface area contributed by atoms with Crippen LogP contribution in [-0.4, -0.2) is 10.7 Å². The molecule has 0 atom stereocenters. The molecule has 1 aliphatic rings. The molecule has 0 N–H and O–H groups in total. The zero-order valence-electron chi connectivity index (χ0n) is 6.06. The topological polar surface area (TPSA) is 31.2 Å². The molecule has 1 aromatic heterocycles.